The monoisotopic (exact) mass is 565 g/mol. The maximum Gasteiger partial charge on any atom is 0.226 e. The molecule has 0 radical (unpaired) electrons. The van der Waals surface area contributed by atoms with Gasteiger partial charge in [-0.3, -0.25) is 14.7 Å². The minimum Gasteiger partial charge on any atom is -0.379 e. The molecule has 1 saturated heterocycles. The number of amides is 1. The van der Waals surface area contributed by atoms with Gasteiger partial charge < -0.3 is 20.7 Å². The first kappa shape index (κ1) is 27.9. The van der Waals surface area contributed by atoms with Crippen LogP contribution in [0.15, 0.2) is 23.2 Å². The van der Waals surface area contributed by atoms with Crippen LogP contribution in [0.2, 0.25) is 5.02 Å². The average molecular weight is 566 g/mol. The van der Waals surface area contributed by atoms with Crippen molar-refractivity contribution in [3.63, 3.8) is 0 Å². The zero-order valence-corrected chi connectivity index (χ0v) is 22.1. The Labute approximate surface area is 208 Å². The van der Waals surface area contributed by atoms with Crippen molar-refractivity contribution in [1.82, 2.24) is 15.5 Å². The summed E-state index contributed by atoms with van der Waals surface area (Å²) in [6.07, 6.45) is 1.44. The van der Waals surface area contributed by atoms with Crippen molar-refractivity contribution in [2.24, 2.45) is 10.9 Å². The molecule has 31 heavy (non-hydrogen) atoms. The van der Waals surface area contributed by atoms with E-state index in [0.29, 0.717) is 41.6 Å². The number of benzene rings is 1. The summed E-state index contributed by atoms with van der Waals surface area (Å²) in [6, 6.07) is 6.01. The van der Waals surface area contributed by atoms with Crippen molar-refractivity contribution in [3.05, 3.63) is 28.8 Å². The SMILES string of the molecule is CN=C(NCCC(=O)Nc1ccc(C)cc1Cl)NCC(CC(C)C)N1CCOCC1.I. The van der Waals surface area contributed by atoms with E-state index in [1.165, 1.54) is 0 Å². The first-order valence-corrected chi connectivity index (χ1v) is 11.1. The number of hydrogen-bond donors (Lipinski definition) is 3. The Hall–Kier alpha value is -1.10. The number of aryl methyl sites for hydroxylation is 1. The highest BCUT2D eigenvalue weighted by atomic mass is 127. The van der Waals surface area contributed by atoms with Crippen molar-refractivity contribution in [3.8, 4) is 0 Å². The van der Waals surface area contributed by atoms with Gasteiger partial charge in [0.05, 0.1) is 23.9 Å². The Morgan fingerprint density at radius 3 is 2.58 bits per heavy atom. The van der Waals surface area contributed by atoms with E-state index >= 15 is 0 Å². The van der Waals surface area contributed by atoms with Crippen molar-refractivity contribution >= 4 is 53.1 Å². The van der Waals surface area contributed by atoms with Crippen LogP contribution in [-0.4, -0.2) is 69.2 Å². The maximum absolute atomic E-state index is 12.2. The van der Waals surface area contributed by atoms with Crippen LogP contribution in [-0.2, 0) is 9.53 Å². The fourth-order valence-corrected chi connectivity index (χ4v) is 3.79. The number of rotatable bonds is 9. The van der Waals surface area contributed by atoms with Crippen LogP contribution in [0.25, 0.3) is 0 Å². The van der Waals surface area contributed by atoms with E-state index in [2.05, 4.69) is 39.7 Å². The molecule has 176 valence electrons. The van der Waals surface area contributed by atoms with E-state index in [4.69, 9.17) is 16.3 Å². The summed E-state index contributed by atoms with van der Waals surface area (Å²) in [5.41, 5.74) is 1.69. The van der Waals surface area contributed by atoms with Crippen molar-refractivity contribution in [2.75, 3.05) is 51.8 Å². The van der Waals surface area contributed by atoms with Crippen molar-refractivity contribution in [2.45, 2.75) is 39.7 Å². The molecule has 2 rings (SSSR count). The third kappa shape index (κ3) is 10.4. The number of guanidine groups is 1. The Bertz CT molecular complexity index is 711. The van der Waals surface area contributed by atoms with E-state index in [9.17, 15) is 4.79 Å². The number of halogens is 2. The summed E-state index contributed by atoms with van der Waals surface area (Å²) in [4.78, 5) is 19.0. The van der Waals surface area contributed by atoms with Gasteiger partial charge in [0.1, 0.15) is 0 Å². The molecule has 1 heterocycles. The lowest BCUT2D eigenvalue weighted by atomic mass is 10.0. The number of aliphatic imine (C=N–C) groups is 1. The third-order valence-corrected chi connectivity index (χ3v) is 5.39. The fourth-order valence-electron chi connectivity index (χ4n) is 3.51. The summed E-state index contributed by atoms with van der Waals surface area (Å²) < 4.78 is 5.49. The van der Waals surface area contributed by atoms with Gasteiger partial charge in [-0.15, -0.1) is 24.0 Å². The van der Waals surface area contributed by atoms with Gasteiger partial charge in [0.2, 0.25) is 5.91 Å². The summed E-state index contributed by atoms with van der Waals surface area (Å²) in [5.74, 6) is 1.24. The fraction of sp³-hybridized carbons (Fsp3) is 0.636. The molecule has 1 aromatic rings. The van der Waals surface area contributed by atoms with Gasteiger partial charge >= 0.3 is 0 Å². The highest BCUT2D eigenvalue weighted by molar-refractivity contribution is 14.0. The largest absolute Gasteiger partial charge is 0.379 e. The summed E-state index contributed by atoms with van der Waals surface area (Å²) in [7, 11) is 1.74. The first-order valence-electron chi connectivity index (χ1n) is 10.7. The molecule has 0 spiro atoms. The molecule has 9 heteroatoms. The summed E-state index contributed by atoms with van der Waals surface area (Å²) in [6.45, 7) is 11.3. The molecule has 7 nitrogen and oxygen atoms in total. The Kier molecular flexibility index (Phi) is 13.4. The summed E-state index contributed by atoms with van der Waals surface area (Å²) in [5, 5.41) is 10.0. The zero-order chi connectivity index (χ0) is 21.9. The molecule has 1 aromatic carbocycles. The molecule has 1 unspecified atom stereocenters. The molecule has 0 bridgehead atoms. The zero-order valence-electron chi connectivity index (χ0n) is 19.0. The second-order valence-electron chi connectivity index (χ2n) is 8.09. The molecule has 1 amide bonds. The van der Waals surface area contributed by atoms with Crippen LogP contribution < -0.4 is 16.0 Å². The maximum atomic E-state index is 12.2. The topological polar surface area (TPSA) is 78.0 Å². The lowest BCUT2D eigenvalue weighted by Gasteiger charge is -2.35. The lowest BCUT2D eigenvalue weighted by molar-refractivity contribution is -0.116. The van der Waals surface area contributed by atoms with Crippen molar-refractivity contribution < 1.29 is 9.53 Å². The number of morpholine rings is 1. The number of nitrogens with zero attached hydrogens (tertiary/aromatic N) is 2. The minimum absolute atomic E-state index is 0. The number of carbonyl (C=O) groups excluding carboxylic acids is 1. The molecular weight excluding hydrogens is 529 g/mol. The van der Waals surface area contributed by atoms with E-state index in [1.54, 1.807) is 7.05 Å². The number of anilines is 1. The van der Waals surface area contributed by atoms with Crippen LogP contribution >= 0.6 is 35.6 Å². The first-order chi connectivity index (χ1) is 14.4. The molecule has 0 saturated carbocycles. The van der Waals surface area contributed by atoms with Gasteiger partial charge in [-0.05, 0) is 37.0 Å². The van der Waals surface area contributed by atoms with Crippen LogP contribution in [0.5, 0.6) is 0 Å². The normalized spacial score (nSPS) is 15.9. The predicted molar refractivity (Wildman–Crippen MR) is 140 cm³/mol. The smallest absolute Gasteiger partial charge is 0.226 e. The third-order valence-electron chi connectivity index (χ3n) is 5.08. The molecule has 1 aliphatic heterocycles. The van der Waals surface area contributed by atoms with Gasteiger partial charge in [-0.2, -0.15) is 0 Å². The van der Waals surface area contributed by atoms with E-state index in [1.807, 2.05) is 25.1 Å². The van der Waals surface area contributed by atoms with Gasteiger partial charge in [-0.25, -0.2) is 0 Å². The van der Waals surface area contributed by atoms with Crippen LogP contribution in [0.4, 0.5) is 5.69 Å². The minimum atomic E-state index is -0.0882. The highest BCUT2D eigenvalue weighted by Gasteiger charge is 2.22. The second-order valence-corrected chi connectivity index (χ2v) is 8.50. The summed E-state index contributed by atoms with van der Waals surface area (Å²) >= 11 is 6.18. The average Bonchev–Trinajstić information content (AvgIpc) is 2.72. The lowest BCUT2D eigenvalue weighted by Crippen LogP contribution is -2.51. The quantitative estimate of drug-likeness (QED) is 0.243. The van der Waals surface area contributed by atoms with Gasteiger partial charge in [0.25, 0.3) is 0 Å². The number of nitrogens with one attached hydrogen (secondary N) is 3. The highest BCUT2D eigenvalue weighted by Crippen LogP contribution is 2.22. The number of ether oxygens (including phenoxy) is 1. The Morgan fingerprint density at radius 2 is 1.97 bits per heavy atom. The Morgan fingerprint density at radius 1 is 1.26 bits per heavy atom. The molecular formula is C22H37ClIN5O2. The van der Waals surface area contributed by atoms with E-state index < -0.39 is 0 Å². The molecule has 1 fully saturated rings. The van der Waals surface area contributed by atoms with Gasteiger partial charge in [-0.1, -0.05) is 31.5 Å². The van der Waals surface area contributed by atoms with Gasteiger partial charge in [0.15, 0.2) is 5.96 Å². The van der Waals surface area contributed by atoms with Gasteiger partial charge in [0, 0.05) is 45.7 Å². The van der Waals surface area contributed by atoms with Crippen LogP contribution in [0, 0.1) is 12.8 Å². The molecule has 3 N–H and O–H groups in total. The number of hydrogen-bond acceptors (Lipinski definition) is 4. The van der Waals surface area contributed by atoms with Crippen LogP contribution in [0.3, 0.4) is 0 Å². The van der Waals surface area contributed by atoms with Crippen molar-refractivity contribution in [1.29, 1.82) is 0 Å². The molecule has 0 aromatic heterocycles. The molecule has 0 aliphatic carbocycles. The Balaban J connectivity index is 0.00000480. The van der Waals surface area contributed by atoms with E-state index in [-0.39, 0.29) is 29.9 Å². The second kappa shape index (κ2) is 14.9. The standard InChI is InChI=1S/C22H36ClN5O2.HI/c1-16(2)13-18(28-9-11-30-12-10-28)15-26-22(24-4)25-8-7-21(29)27-20-6-5-17(3)14-19(20)23;/h5-6,14,16,18H,7-13,15H2,1-4H3,(H,27,29)(H2,24,25,26);1H. The predicted octanol–water partition coefficient (Wildman–Crippen LogP) is 3.51. The van der Waals surface area contributed by atoms with E-state index in [0.717, 1.165) is 44.8 Å². The molecule has 1 atom stereocenters. The molecule has 1 aliphatic rings. The number of carbonyl (C=O) groups is 1. The van der Waals surface area contributed by atoms with Crippen LogP contribution in [0.1, 0.15) is 32.3 Å².